The van der Waals surface area contributed by atoms with Crippen LogP contribution in [0.15, 0.2) is 78.6 Å². The van der Waals surface area contributed by atoms with Crippen molar-refractivity contribution in [2.45, 2.75) is 135 Å². The number of halogens is 1. The largest absolute Gasteiger partial charge is 0.391 e. The molecule has 18 nitrogen and oxygen atoms in total. The van der Waals surface area contributed by atoms with E-state index in [9.17, 15) is 33.8 Å². The summed E-state index contributed by atoms with van der Waals surface area (Å²) in [5.41, 5.74) is 9.06. The molecule has 4 atom stereocenters. The first-order valence-corrected chi connectivity index (χ1v) is 28.8. The number of anilines is 3. The Kier molecular flexibility index (Phi) is 18.0. The number of carbonyl (C=O) groups excluding carboxylic acids is 4. The lowest BCUT2D eigenvalue weighted by Crippen LogP contribution is -2.57. The number of β-amino-alcohol motifs (C(OH)–C–C–N with tert-alkyl or cyclic N) is 1. The number of ether oxygens (including phenoxy) is 1. The van der Waals surface area contributed by atoms with Crippen LogP contribution in [0, 0.1) is 18.2 Å². The maximum atomic E-state index is 14.2. The van der Waals surface area contributed by atoms with E-state index >= 15 is 0 Å². The Morgan fingerprint density at radius 1 is 0.988 bits per heavy atom. The molecule has 4 amide bonds. The molecule has 0 radical (unpaired) electrons. The molecule has 3 aliphatic heterocycles. The Morgan fingerprint density at radius 2 is 1.74 bits per heavy atom. The zero-order chi connectivity index (χ0) is 56.9. The fraction of sp³-hybridized carbons (Fsp3) is 0.483. The van der Waals surface area contributed by atoms with E-state index in [4.69, 9.17) is 9.72 Å². The van der Waals surface area contributed by atoms with Gasteiger partial charge in [0, 0.05) is 70.0 Å². The highest BCUT2D eigenvalue weighted by molar-refractivity contribution is 7.13. The van der Waals surface area contributed by atoms with E-state index in [2.05, 4.69) is 41.0 Å². The average Bonchev–Trinajstić information content (AvgIpc) is 4.24. The molecule has 0 unspecified atom stereocenters. The first kappa shape index (κ1) is 57.8. The molecule has 80 heavy (non-hydrogen) atoms. The van der Waals surface area contributed by atoms with Gasteiger partial charge in [-0.15, -0.1) is 11.3 Å². The molecular weight excluding hydrogens is 1040 g/mol. The summed E-state index contributed by atoms with van der Waals surface area (Å²) in [4.78, 5) is 75.1. The van der Waals surface area contributed by atoms with Gasteiger partial charge in [0.2, 0.25) is 17.7 Å². The quantitative estimate of drug-likeness (QED) is 0.0355. The normalized spacial score (nSPS) is 17.9. The summed E-state index contributed by atoms with van der Waals surface area (Å²) >= 11 is 1.58. The molecule has 0 spiro atoms. The SMILES string of the molecule is Cc1ncsc1-c1ccc([C@H](C)NC(=O)[C@@H]2C[C@@H](O)CN2C(=O)[C@@H](NC(=O)CCCCCCCOCC2(O)CCN(c3ccc(Nc4ccc(-c5cnc6cc(F)ccn56)c5c4C(=O)NC5)nc3CN(C)C)CC2)C(C)(C)C)cc1. The number of fused-ring (bicyclic) bond motifs is 2. The van der Waals surface area contributed by atoms with Crippen molar-refractivity contribution >= 4 is 57.8 Å². The van der Waals surface area contributed by atoms with Crippen LogP contribution in [0.1, 0.15) is 124 Å². The molecule has 7 heterocycles. The highest BCUT2D eigenvalue weighted by Gasteiger charge is 2.45. The Morgan fingerprint density at radius 3 is 2.46 bits per heavy atom. The molecule has 0 aliphatic carbocycles. The minimum absolute atomic E-state index is 0.00793. The van der Waals surface area contributed by atoms with E-state index in [0.717, 1.165) is 75.6 Å². The van der Waals surface area contributed by atoms with E-state index in [1.807, 2.05) is 107 Å². The highest BCUT2D eigenvalue weighted by Crippen LogP contribution is 2.37. The first-order chi connectivity index (χ1) is 38.2. The number of rotatable bonds is 22. The number of unbranched alkanes of at least 4 members (excludes halogenated alkanes) is 4. The van der Waals surface area contributed by atoms with Crippen LogP contribution in [0.5, 0.6) is 0 Å². The van der Waals surface area contributed by atoms with Crippen LogP contribution in [0.3, 0.4) is 0 Å². The minimum atomic E-state index is -0.949. The lowest BCUT2D eigenvalue weighted by Gasteiger charge is -2.39. The summed E-state index contributed by atoms with van der Waals surface area (Å²) in [5, 5.41) is 34.7. The lowest BCUT2D eigenvalue weighted by atomic mass is 9.85. The molecule has 6 N–H and O–H groups in total. The molecule has 20 heteroatoms. The fourth-order valence-electron chi connectivity index (χ4n) is 11.1. The molecule has 0 bridgehead atoms. The smallest absolute Gasteiger partial charge is 0.254 e. The molecule has 2 fully saturated rings. The van der Waals surface area contributed by atoms with Crippen molar-refractivity contribution in [2.75, 3.05) is 57.2 Å². The van der Waals surface area contributed by atoms with Crippen LogP contribution < -0.4 is 26.2 Å². The molecule has 0 saturated carbocycles. The third kappa shape index (κ3) is 13.5. The third-order valence-corrected chi connectivity index (χ3v) is 16.5. The van der Waals surface area contributed by atoms with Crippen LogP contribution in [-0.2, 0) is 32.2 Å². The highest BCUT2D eigenvalue weighted by atomic mass is 32.1. The van der Waals surface area contributed by atoms with Crippen molar-refractivity contribution in [1.29, 1.82) is 0 Å². The molecule has 2 aromatic carbocycles. The van der Waals surface area contributed by atoms with Gasteiger partial charge in [0.15, 0.2) is 0 Å². The van der Waals surface area contributed by atoms with E-state index in [-0.39, 0.29) is 61.5 Å². The second-order valence-electron chi connectivity index (χ2n) is 23.1. The summed E-state index contributed by atoms with van der Waals surface area (Å²) in [6.07, 6.45) is 8.03. The summed E-state index contributed by atoms with van der Waals surface area (Å²) in [6.45, 7) is 12.5. The van der Waals surface area contributed by atoms with E-state index in [0.29, 0.717) is 74.8 Å². The number of carbonyl (C=O) groups is 4. The Bertz CT molecular complexity index is 3190. The van der Waals surface area contributed by atoms with Gasteiger partial charge in [-0.05, 0) is 100.0 Å². The molecule has 3 aliphatic rings. The summed E-state index contributed by atoms with van der Waals surface area (Å²) in [7, 11) is 3.99. The van der Waals surface area contributed by atoms with Gasteiger partial charge in [-0.3, -0.25) is 23.6 Å². The number of nitrogens with zero attached hydrogens (tertiary/aromatic N) is 7. The number of piperidine rings is 1. The monoisotopic (exact) mass is 1110 g/mol. The van der Waals surface area contributed by atoms with Crippen molar-refractivity contribution < 1.29 is 38.5 Å². The topological polar surface area (TPSA) is 219 Å². The second kappa shape index (κ2) is 24.9. The van der Waals surface area contributed by atoms with Gasteiger partial charge >= 0.3 is 0 Å². The van der Waals surface area contributed by atoms with Crippen LogP contribution >= 0.6 is 11.3 Å². The van der Waals surface area contributed by atoms with Crippen LogP contribution in [0.4, 0.5) is 21.6 Å². The first-order valence-electron chi connectivity index (χ1n) is 27.9. The van der Waals surface area contributed by atoms with Gasteiger partial charge in [-0.1, -0.05) is 70.4 Å². The van der Waals surface area contributed by atoms with E-state index < -0.39 is 29.2 Å². The predicted octanol–water partition coefficient (Wildman–Crippen LogP) is 8.07. The standard InChI is InChI=1S/C60H76FN11O7S/c1-37(39-14-16-40(17-15-39)54-38(2)64-36-80-54)65-56(75)48-30-42(73)33-72(48)58(77)55(59(3,4)5)68-52(74)13-11-9-8-10-12-28-79-35-60(78)23-26-70(27-24-60)47-20-21-50(67-46(47)34-69(6)7)66-45-19-18-43(44-31-63-57(76)53(44)45)49-32-62-51-29-41(61)22-25-71(49)51/h14-22,25,29,32,36-37,42,48,55,73,78H,8-13,23-24,26-28,30-31,33-35H2,1-7H3,(H,63,76)(H,65,75)(H,66,67)(H,68,74)/t37-,42+,48-,55+/m0/s1. The molecular formula is C60H76FN11O7S. The number of imidazole rings is 1. The second-order valence-corrected chi connectivity index (χ2v) is 24.0. The fourth-order valence-corrected chi connectivity index (χ4v) is 11.9. The van der Waals surface area contributed by atoms with Gasteiger partial charge in [0.25, 0.3) is 5.91 Å². The van der Waals surface area contributed by atoms with Crippen LogP contribution in [-0.4, -0.2) is 134 Å². The number of amides is 4. The average molecular weight is 1110 g/mol. The summed E-state index contributed by atoms with van der Waals surface area (Å²) in [6, 6.07) is 16.4. The predicted molar refractivity (Wildman–Crippen MR) is 308 cm³/mol. The molecule has 9 rings (SSSR count). The Hall–Kier alpha value is -6.84. The van der Waals surface area contributed by atoms with Crippen molar-refractivity contribution in [3.63, 3.8) is 0 Å². The Balaban J connectivity index is 0.691. The summed E-state index contributed by atoms with van der Waals surface area (Å²) in [5.74, 6) is -0.925. The van der Waals surface area contributed by atoms with E-state index in [1.165, 1.54) is 17.0 Å². The zero-order valence-electron chi connectivity index (χ0n) is 47.0. The Labute approximate surface area is 471 Å². The number of nitrogens with one attached hydrogen (secondary N) is 4. The molecule has 4 aromatic heterocycles. The van der Waals surface area contributed by atoms with Gasteiger partial charge in [-0.25, -0.2) is 19.3 Å². The number of likely N-dealkylation sites (tertiary alicyclic amines) is 1. The number of aryl methyl sites for hydroxylation is 1. The molecule has 2 saturated heterocycles. The number of hydrogen-bond acceptors (Lipinski definition) is 14. The number of aromatic nitrogens is 4. The van der Waals surface area contributed by atoms with Gasteiger partial charge < -0.3 is 50.9 Å². The van der Waals surface area contributed by atoms with Crippen molar-refractivity contribution in [1.82, 2.24) is 45.1 Å². The van der Waals surface area contributed by atoms with E-state index in [1.54, 1.807) is 23.7 Å². The van der Waals surface area contributed by atoms with Gasteiger partial charge in [-0.2, -0.15) is 0 Å². The van der Waals surface area contributed by atoms with Gasteiger partial charge in [0.05, 0.1) is 75.0 Å². The number of thiazole rings is 1. The number of pyridine rings is 2. The number of aliphatic hydroxyl groups excluding tert-OH is 1. The maximum absolute atomic E-state index is 14.2. The minimum Gasteiger partial charge on any atom is -0.391 e. The third-order valence-electron chi connectivity index (χ3n) is 15.6. The maximum Gasteiger partial charge on any atom is 0.254 e. The van der Waals surface area contributed by atoms with Crippen molar-refractivity contribution in [3.05, 3.63) is 112 Å². The number of aliphatic hydroxyl groups is 2. The van der Waals surface area contributed by atoms with Gasteiger partial charge in [0.1, 0.15) is 29.4 Å². The lowest BCUT2D eigenvalue weighted by molar-refractivity contribution is -0.144. The van der Waals surface area contributed by atoms with Crippen LogP contribution in [0.2, 0.25) is 0 Å². The number of benzene rings is 2. The van der Waals surface area contributed by atoms with Crippen LogP contribution in [0.25, 0.3) is 27.3 Å². The van der Waals surface area contributed by atoms with Crippen molar-refractivity contribution in [2.24, 2.45) is 5.41 Å². The molecule has 426 valence electrons. The zero-order valence-corrected chi connectivity index (χ0v) is 47.8. The number of hydrogen-bond donors (Lipinski definition) is 6. The molecule has 6 aromatic rings. The van der Waals surface area contributed by atoms with Crippen molar-refractivity contribution in [3.8, 4) is 21.7 Å². The summed E-state index contributed by atoms with van der Waals surface area (Å²) < 4.78 is 21.8.